The van der Waals surface area contributed by atoms with Crippen LogP contribution in [0.25, 0.3) is 0 Å². The number of alkyl halides is 1. The van der Waals surface area contributed by atoms with Crippen LogP contribution < -0.4 is 5.32 Å². The Labute approximate surface area is 95.3 Å². The molecule has 0 spiro atoms. The van der Waals surface area contributed by atoms with Gasteiger partial charge in [-0.25, -0.2) is 4.98 Å². The fraction of sp³-hybridized carbons (Fsp3) is 0.636. The maximum atomic E-state index is 6.06. The highest BCUT2D eigenvalue weighted by Crippen LogP contribution is 2.25. The smallest absolute Gasteiger partial charge is 0.147 e. The molecular weight excluding hydrogens is 210 g/mol. The van der Waals surface area contributed by atoms with Crippen molar-refractivity contribution >= 4 is 17.4 Å². The summed E-state index contributed by atoms with van der Waals surface area (Å²) in [5.41, 5.74) is 0.963. The van der Waals surface area contributed by atoms with E-state index in [2.05, 4.69) is 15.3 Å². The molecule has 1 aromatic rings. The van der Waals surface area contributed by atoms with Gasteiger partial charge < -0.3 is 5.32 Å². The van der Waals surface area contributed by atoms with Crippen molar-refractivity contribution in [2.75, 3.05) is 5.32 Å². The Kier molecular flexibility index (Phi) is 3.41. The van der Waals surface area contributed by atoms with Gasteiger partial charge in [-0.15, -0.1) is 11.6 Å². The molecule has 15 heavy (non-hydrogen) atoms. The standard InChI is InChI=1S/C11H16ClN3/c1-8-11(14-7-6-13-8)15-10-4-2-9(12)3-5-10/h6-7,9-10H,2-5H2,1H3,(H,14,15). The minimum absolute atomic E-state index is 0.367. The van der Waals surface area contributed by atoms with Crippen LogP contribution in [0.4, 0.5) is 5.82 Å². The third-order valence-electron chi connectivity index (χ3n) is 2.88. The quantitative estimate of drug-likeness (QED) is 0.787. The third kappa shape index (κ3) is 2.81. The lowest BCUT2D eigenvalue weighted by atomic mass is 9.95. The highest BCUT2D eigenvalue weighted by atomic mass is 35.5. The summed E-state index contributed by atoms with van der Waals surface area (Å²) in [7, 11) is 0. The SMILES string of the molecule is Cc1nccnc1NC1CCC(Cl)CC1. The predicted molar refractivity (Wildman–Crippen MR) is 62.3 cm³/mol. The maximum Gasteiger partial charge on any atom is 0.147 e. The normalized spacial score (nSPS) is 26.3. The molecule has 0 unspecified atom stereocenters. The molecule has 0 bridgehead atoms. The van der Waals surface area contributed by atoms with Crippen molar-refractivity contribution in [1.29, 1.82) is 0 Å². The molecule has 0 aromatic carbocycles. The summed E-state index contributed by atoms with van der Waals surface area (Å²) >= 11 is 6.06. The highest BCUT2D eigenvalue weighted by Gasteiger charge is 2.19. The molecule has 3 nitrogen and oxygen atoms in total. The molecule has 1 saturated carbocycles. The predicted octanol–water partition coefficient (Wildman–Crippen LogP) is 2.75. The molecule has 1 aliphatic rings. The molecule has 4 heteroatoms. The fourth-order valence-electron chi connectivity index (χ4n) is 1.94. The van der Waals surface area contributed by atoms with Gasteiger partial charge in [-0.2, -0.15) is 0 Å². The lowest BCUT2D eigenvalue weighted by Crippen LogP contribution is -2.27. The summed E-state index contributed by atoms with van der Waals surface area (Å²) in [6.07, 6.45) is 7.89. The zero-order chi connectivity index (χ0) is 10.7. The Morgan fingerprint density at radius 2 is 1.87 bits per heavy atom. The van der Waals surface area contributed by atoms with Crippen molar-refractivity contribution < 1.29 is 0 Å². The van der Waals surface area contributed by atoms with E-state index in [-0.39, 0.29) is 0 Å². The van der Waals surface area contributed by atoms with E-state index in [0.29, 0.717) is 11.4 Å². The zero-order valence-corrected chi connectivity index (χ0v) is 9.67. The minimum Gasteiger partial charge on any atom is -0.366 e. The number of anilines is 1. The lowest BCUT2D eigenvalue weighted by Gasteiger charge is -2.26. The number of nitrogens with zero attached hydrogens (tertiary/aromatic N) is 2. The van der Waals surface area contributed by atoms with Crippen LogP contribution in [0.5, 0.6) is 0 Å². The van der Waals surface area contributed by atoms with E-state index in [4.69, 9.17) is 11.6 Å². The Morgan fingerprint density at radius 1 is 1.20 bits per heavy atom. The first kappa shape index (κ1) is 10.7. The van der Waals surface area contributed by atoms with Crippen LogP contribution in [0, 0.1) is 6.92 Å². The van der Waals surface area contributed by atoms with E-state index in [0.717, 1.165) is 37.2 Å². The van der Waals surface area contributed by atoms with Crippen LogP contribution in [0.1, 0.15) is 31.4 Å². The molecule has 82 valence electrons. The number of nitrogens with one attached hydrogen (secondary N) is 1. The monoisotopic (exact) mass is 225 g/mol. The van der Waals surface area contributed by atoms with Crippen molar-refractivity contribution in [3.63, 3.8) is 0 Å². The molecule has 0 radical (unpaired) electrons. The summed E-state index contributed by atoms with van der Waals surface area (Å²) in [4.78, 5) is 8.49. The number of rotatable bonds is 2. The van der Waals surface area contributed by atoms with Crippen LogP contribution in [0.3, 0.4) is 0 Å². The number of aryl methyl sites for hydroxylation is 1. The highest BCUT2D eigenvalue weighted by molar-refractivity contribution is 6.20. The molecule has 1 aromatic heterocycles. The van der Waals surface area contributed by atoms with Gasteiger partial charge in [0, 0.05) is 23.8 Å². The van der Waals surface area contributed by atoms with Crippen LogP contribution >= 0.6 is 11.6 Å². The van der Waals surface area contributed by atoms with Crippen LogP contribution in [-0.2, 0) is 0 Å². The second-order valence-corrected chi connectivity index (χ2v) is 4.70. The molecule has 1 fully saturated rings. The van der Waals surface area contributed by atoms with Crippen molar-refractivity contribution in [2.24, 2.45) is 0 Å². The van der Waals surface area contributed by atoms with E-state index in [9.17, 15) is 0 Å². The molecule has 1 heterocycles. The van der Waals surface area contributed by atoms with Gasteiger partial charge in [0.25, 0.3) is 0 Å². The third-order valence-corrected chi connectivity index (χ3v) is 3.32. The van der Waals surface area contributed by atoms with E-state index in [1.165, 1.54) is 0 Å². The summed E-state index contributed by atoms with van der Waals surface area (Å²) in [5, 5.41) is 3.80. The molecule has 0 atom stereocenters. The van der Waals surface area contributed by atoms with E-state index in [1.54, 1.807) is 12.4 Å². The van der Waals surface area contributed by atoms with Crippen molar-refractivity contribution in [1.82, 2.24) is 9.97 Å². The zero-order valence-electron chi connectivity index (χ0n) is 8.91. The van der Waals surface area contributed by atoms with Gasteiger partial charge in [0.15, 0.2) is 0 Å². The van der Waals surface area contributed by atoms with Gasteiger partial charge in [-0.05, 0) is 32.6 Å². The molecule has 0 amide bonds. The molecular formula is C11H16ClN3. The summed E-state index contributed by atoms with van der Waals surface area (Å²) in [6, 6.07) is 0.510. The first-order chi connectivity index (χ1) is 7.25. The van der Waals surface area contributed by atoms with Gasteiger partial charge >= 0.3 is 0 Å². The fourth-order valence-corrected chi connectivity index (χ4v) is 2.19. The molecule has 0 aliphatic heterocycles. The number of hydrogen-bond acceptors (Lipinski definition) is 3. The van der Waals surface area contributed by atoms with Gasteiger partial charge in [0.2, 0.25) is 0 Å². The average Bonchev–Trinajstić information content (AvgIpc) is 2.25. The minimum atomic E-state index is 0.367. The molecule has 1 N–H and O–H groups in total. The first-order valence-electron chi connectivity index (χ1n) is 5.44. The average molecular weight is 226 g/mol. The van der Waals surface area contributed by atoms with Gasteiger partial charge in [0.1, 0.15) is 5.82 Å². The van der Waals surface area contributed by atoms with E-state index in [1.807, 2.05) is 6.92 Å². The molecule has 2 rings (SSSR count). The number of hydrogen-bond donors (Lipinski definition) is 1. The Balaban J connectivity index is 1.95. The Morgan fingerprint density at radius 3 is 2.53 bits per heavy atom. The van der Waals surface area contributed by atoms with Gasteiger partial charge in [-0.3, -0.25) is 4.98 Å². The summed E-state index contributed by atoms with van der Waals surface area (Å²) < 4.78 is 0. The van der Waals surface area contributed by atoms with E-state index >= 15 is 0 Å². The van der Waals surface area contributed by atoms with Crippen molar-refractivity contribution in [3.05, 3.63) is 18.1 Å². The molecule has 1 aliphatic carbocycles. The molecule has 0 saturated heterocycles. The lowest BCUT2D eigenvalue weighted by molar-refractivity contribution is 0.467. The second-order valence-electron chi connectivity index (χ2n) is 4.08. The van der Waals surface area contributed by atoms with Crippen molar-refractivity contribution in [2.45, 2.75) is 44.0 Å². The number of halogens is 1. The van der Waals surface area contributed by atoms with Crippen LogP contribution in [0.2, 0.25) is 0 Å². The first-order valence-corrected chi connectivity index (χ1v) is 5.87. The second kappa shape index (κ2) is 4.79. The Hall–Kier alpha value is -0.830. The van der Waals surface area contributed by atoms with Crippen LogP contribution in [0.15, 0.2) is 12.4 Å². The van der Waals surface area contributed by atoms with Gasteiger partial charge in [-0.1, -0.05) is 0 Å². The Bertz CT molecular complexity index is 321. The number of aromatic nitrogens is 2. The summed E-state index contributed by atoms with van der Waals surface area (Å²) in [5.74, 6) is 0.913. The van der Waals surface area contributed by atoms with Gasteiger partial charge in [0.05, 0.1) is 5.69 Å². The largest absolute Gasteiger partial charge is 0.366 e. The van der Waals surface area contributed by atoms with Crippen LogP contribution in [-0.4, -0.2) is 21.4 Å². The maximum absolute atomic E-state index is 6.06. The summed E-state index contributed by atoms with van der Waals surface area (Å²) in [6.45, 7) is 1.97. The topological polar surface area (TPSA) is 37.8 Å². The van der Waals surface area contributed by atoms with E-state index < -0.39 is 0 Å². The van der Waals surface area contributed by atoms with Crippen molar-refractivity contribution in [3.8, 4) is 0 Å².